The molecule has 0 atom stereocenters. The maximum atomic E-state index is 12.3. The highest BCUT2D eigenvalue weighted by Gasteiger charge is 2.32. The zero-order valence-corrected chi connectivity index (χ0v) is 12.5. The lowest BCUT2D eigenvalue weighted by molar-refractivity contribution is -0.274. The number of hydrogen-bond donors (Lipinski definition) is 3. The number of urea groups is 1. The van der Waals surface area contributed by atoms with Crippen LogP contribution < -0.4 is 15.4 Å². The van der Waals surface area contributed by atoms with Gasteiger partial charge in [0, 0.05) is 12.0 Å². The van der Waals surface area contributed by atoms with Crippen LogP contribution in [0.4, 0.5) is 23.7 Å². The highest BCUT2D eigenvalue weighted by molar-refractivity contribution is 5.91. The summed E-state index contributed by atoms with van der Waals surface area (Å²) in [7, 11) is 0. The second-order valence-electron chi connectivity index (χ2n) is 5.40. The molecule has 0 radical (unpaired) electrons. The summed E-state index contributed by atoms with van der Waals surface area (Å²) in [5, 5.41) is 13.4. The minimum absolute atomic E-state index is 0.152. The third-order valence-electron chi connectivity index (χ3n) is 2.78. The molecular weight excluding hydrogens is 317 g/mol. The normalized spacial score (nSPS) is 11.7. The van der Waals surface area contributed by atoms with E-state index in [1.165, 1.54) is 18.2 Å². The second-order valence-corrected chi connectivity index (χ2v) is 5.40. The lowest BCUT2D eigenvalue weighted by Gasteiger charge is -2.26. The minimum atomic E-state index is -4.88. The van der Waals surface area contributed by atoms with E-state index in [9.17, 15) is 22.8 Å². The molecule has 23 heavy (non-hydrogen) atoms. The predicted molar refractivity (Wildman–Crippen MR) is 76.2 cm³/mol. The fraction of sp³-hybridized carbons (Fsp3) is 0.429. The maximum Gasteiger partial charge on any atom is 0.573 e. The Hall–Kier alpha value is -2.45. The number of anilines is 1. The Morgan fingerprint density at radius 2 is 1.83 bits per heavy atom. The first kappa shape index (κ1) is 18.6. The molecule has 3 N–H and O–H groups in total. The molecule has 128 valence electrons. The number of halogens is 3. The van der Waals surface area contributed by atoms with Crippen molar-refractivity contribution in [2.24, 2.45) is 0 Å². The Balaban J connectivity index is 2.72. The van der Waals surface area contributed by atoms with E-state index in [2.05, 4.69) is 15.4 Å². The number of benzene rings is 1. The molecule has 0 spiro atoms. The Morgan fingerprint density at radius 3 is 2.39 bits per heavy atom. The van der Waals surface area contributed by atoms with Gasteiger partial charge in [0.2, 0.25) is 0 Å². The number of ether oxygens (including phenoxy) is 1. The summed E-state index contributed by atoms with van der Waals surface area (Å²) in [5.74, 6) is -1.55. The summed E-state index contributed by atoms with van der Waals surface area (Å²) in [5.41, 5.74) is -1.00. The van der Waals surface area contributed by atoms with Crippen LogP contribution >= 0.6 is 0 Å². The van der Waals surface area contributed by atoms with Gasteiger partial charge in [-0.05, 0) is 32.4 Å². The fourth-order valence-corrected chi connectivity index (χ4v) is 1.73. The van der Waals surface area contributed by atoms with Crippen LogP contribution in [0, 0.1) is 0 Å². The van der Waals surface area contributed by atoms with Crippen molar-refractivity contribution in [2.45, 2.75) is 38.6 Å². The zero-order chi connectivity index (χ0) is 17.7. The molecule has 2 amide bonds. The van der Waals surface area contributed by atoms with Gasteiger partial charge < -0.3 is 20.5 Å². The van der Waals surface area contributed by atoms with Gasteiger partial charge in [0.15, 0.2) is 5.75 Å². The molecule has 0 unspecified atom stereocenters. The third kappa shape index (κ3) is 7.39. The van der Waals surface area contributed by atoms with E-state index in [0.29, 0.717) is 0 Å². The number of alkyl halides is 3. The van der Waals surface area contributed by atoms with Gasteiger partial charge in [-0.1, -0.05) is 12.1 Å². The second kappa shape index (κ2) is 7.21. The minimum Gasteiger partial charge on any atom is -0.481 e. The summed E-state index contributed by atoms with van der Waals surface area (Å²) in [6.07, 6.45) is -4.87. The molecule has 0 aliphatic heterocycles. The maximum absolute atomic E-state index is 12.3. The number of aliphatic carboxylic acids is 1. The highest BCUT2D eigenvalue weighted by atomic mass is 19.4. The first-order chi connectivity index (χ1) is 10.5. The molecule has 9 heteroatoms. The number of amides is 2. The largest absolute Gasteiger partial charge is 0.573 e. The van der Waals surface area contributed by atoms with E-state index in [1.807, 2.05) is 0 Å². The van der Waals surface area contributed by atoms with Crippen molar-refractivity contribution in [1.82, 2.24) is 5.32 Å². The summed E-state index contributed by atoms with van der Waals surface area (Å²) < 4.78 is 40.7. The van der Waals surface area contributed by atoms with Gasteiger partial charge >= 0.3 is 18.4 Å². The van der Waals surface area contributed by atoms with E-state index in [4.69, 9.17) is 5.11 Å². The van der Waals surface area contributed by atoms with Crippen molar-refractivity contribution >= 4 is 17.7 Å². The molecule has 6 nitrogen and oxygen atoms in total. The summed E-state index contributed by atoms with van der Waals surface area (Å²) in [4.78, 5) is 22.4. The first-order valence-electron chi connectivity index (χ1n) is 6.64. The van der Waals surface area contributed by atoms with Crippen LogP contribution in [0.25, 0.3) is 0 Å². The highest BCUT2D eigenvalue weighted by Crippen LogP contribution is 2.29. The first-order valence-corrected chi connectivity index (χ1v) is 6.64. The number of hydrogen-bond acceptors (Lipinski definition) is 3. The summed E-state index contributed by atoms with van der Waals surface area (Å²) >= 11 is 0. The number of carbonyl (C=O) groups is 2. The molecule has 1 aromatic carbocycles. The van der Waals surface area contributed by atoms with Crippen LogP contribution in [0.15, 0.2) is 24.3 Å². The Labute approximate surface area is 130 Å². The monoisotopic (exact) mass is 334 g/mol. The topological polar surface area (TPSA) is 87.7 Å². The van der Waals surface area contributed by atoms with E-state index in [-0.39, 0.29) is 18.5 Å². The SMILES string of the molecule is CC(C)(CCC(=O)O)NC(=O)Nc1ccccc1OC(F)(F)F. The van der Waals surface area contributed by atoms with Crippen LogP contribution in [-0.2, 0) is 4.79 Å². The Bertz CT molecular complexity index is 573. The van der Waals surface area contributed by atoms with Crippen LogP contribution in [0.1, 0.15) is 26.7 Å². The molecular formula is C14H17F3N2O4. The Kier molecular flexibility index (Phi) is 5.83. The number of carboxylic acids is 1. The molecule has 0 aromatic heterocycles. The fourth-order valence-electron chi connectivity index (χ4n) is 1.73. The van der Waals surface area contributed by atoms with Gasteiger partial charge in [-0.25, -0.2) is 4.79 Å². The van der Waals surface area contributed by atoms with E-state index in [1.54, 1.807) is 13.8 Å². The van der Waals surface area contributed by atoms with Crippen molar-refractivity contribution in [2.75, 3.05) is 5.32 Å². The predicted octanol–water partition coefficient (Wildman–Crippen LogP) is 3.35. The molecule has 0 heterocycles. The number of carboxylic acid groups (broad SMARTS) is 1. The molecule has 0 saturated carbocycles. The molecule has 1 aromatic rings. The molecule has 0 bridgehead atoms. The standard InChI is InChI=1S/C14H17F3N2O4/c1-13(2,8-7-11(20)21)19-12(22)18-9-5-3-4-6-10(9)23-14(15,16)17/h3-6H,7-8H2,1-2H3,(H,20,21)(H2,18,19,22). The average molecular weight is 334 g/mol. The lowest BCUT2D eigenvalue weighted by atomic mass is 9.99. The molecule has 0 aliphatic carbocycles. The number of rotatable bonds is 6. The quantitative estimate of drug-likeness (QED) is 0.744. The van der Waals surface area contributed by atoms with Crippen molar-refractivity contribution in [3.8, 4) is 5.75 Å². The van der Waals surface area contributed by atoms with Gasteiger partial charge in [-0.3, -0.25) is 4.79 Å². The smallest absolute Gasteiger partial charge is 0.481 e. The van der Waals surface area contributed by atoms with Crippen molar-refractivity contribution in [3.05, 3.63) is 24.3 Å². The van der Waals surface area contributed by atoms with Crippen LogP contribution in [0.3, 0.4) is 0 Å². The van der Waals surface area contributed by atoms with Gasteiger partial charge in [-0.15, -0.1) is 13.2 Å². The zero-order valence-electron chi connectivity index (χ0n) is 12.5. The summed E-state index contributed by atoms with van der Waals surface area (Å²) in [6.45, 7) is 3.21. The molecule has 0 saturated heterocycles. The van der Waals surface area contributed by atoms with E-state index >= 15 is 0 Å². The number of nitrogens with one attached hydrogen (secondary N) is 2. The summed E-state index contributed by atoms with van der Waals surface area (Å²) in [6, 6.07) is 4.33. The molecule has 0 fully saturated rings. The molecule has 0 aliphatic rings. The third-order valence-corrected chi connectivity index (χ3v) is 2.78. The van der Waals surface area contributed by atoms with Crippen molar-refractivity contribution in [1.29, 1.82) is 0 Å². The molecule has 1 rings (SSSR count). The van der Waals surface area contributed by atoms with Crippen molar-refractivity contribution < 1.29 is 32.6 Å². The van der Waals surface area contributed by atoms with Crippen LogP contribution in [-0.4, -0.2) is 29.0 Å². The average Bonchev–Trinajstić information content (AvgIpc) is 2.36. The van der Waals surface area contributed by atoms with Crippen molar-refractivity contribution in [3.63, 3.8) is 0 Å². The van der Waals surface area contributed by atoms with Gasteiger partial charge in [-0.2, -0.15) is 0 Å². The van der Waals surface area contributed by atoms with Gasteiger partial charge in [0.1, 0.15) is 0 Å². The van der Waals surface area contributed by atoms with Gasteiger partial charge in [0.25, 0.3) is 0 Å². The Morgan fingerprint density at radius 1 is 1.22 bits per heavy atom. The number of para-hydroxylation sites is 2. The number of carbonyl (C=O) groups excluding carboxylic acids is 1. The van der Waals surface area contributed by atoms with E-state index in [0.717, 1.165) is 6.07 Å². The van der Waals surface area contributed by atoms with Crippen LogP contribution in [0.2, 0.25) is 0 Å². The van der Waals surface area contributed by atoms with Crippen LogP contribution in [0.5, 0.6) is 5.75 Å². The van der Waals surface area contributed by atoms with E-state index < -0.39 is 29.7 Å². The lowest BCUT2D eigenvalue weighted by Crippen LogP contribution is -2.45. The van der Waals surface area contributed by atoms with Gasteiger partial charge in [0.05, 0.1) is 5.69 Å².